The number of hydrogen-bond acceptors (Lipinski definition) is 7. The van der Waals surface area contributed by atoms with Crippen molar-refractivity contribution < 1.29 is 48.8 Å². The first-order chi connectivity index (χ1) is 15.6. The fourth-order valence-corrected chi connectivity index (χ4v) is 2.54. The van der Waals surface area contributed by atoms with E-state index in [1.807, 2.05) is 5.32 Å². The molecule has 0 bridgehead atoms. The first-order valence-electron chi connectivity index (χ1n) is 9.79. The van der Waals surface area contributed by atoms with Crippen LogP contribution in [0.1, 0.15) is 31.2 Å². The van der Waals surface area contributed by atoms with Crippen molar-refractivity contribution in [3.8, 4) is 0 Å². The zero-order chi connectivity index (χ0) is 24.8. The number of nitrogens with one attached hydrogen (secondary N) is 3. The lowest BCUT2D eigenvalue weighted by Crippen LogP contribution is -2.54. The molecule has 13 heteroatoms. The van der Waals surface area contributed by atoms with Gasteiger partial charge in [-0.15, -0.1) is 0 Å². The first kappa shape index (κ1) is 26.9. The van der Waals surface area contributed by atoms with Gasteiger partial charge in [-0.1, -0.05) is 30.3 Å². The van der Waals surface area contributed by atoms with Gasteiger partial charge in [-0.25, -0.2) is 4.79 Å². The van der Waals surface area contributed by atoms with Gasteiger partial charge in [0.15, 0.2) is 0 Å². The molecule has 0 aliphatic carbocycles. The van der Waals surface area contributed by atoms with E-state index in [1.54, 1.807) is 30.3 Å². The van der Waals surface area contributed by atoms with Gasteiger partial charge >= 0.3 is 24.0 Å². The first-order valence-corrected chi connectivity index (χ1v) is 9.79. The van der Waals surface area contributed by atoms with Crippen LogP contribution in [-0.2, 0) is 35.3 Å². The van der Waals surface area contributed by atoms with E-state index in [2.05, 4.69) is 10.6 Å². The normalized spacial score (nSPS) is 12.0. The van der Waals surface area contributed by atoms with Gasteiger partial charge in [0.2, 0.25) is 11.8 Å². The number of amides is 3. The number of carbonyl (C=O) groups excluding carboxylic acids is 3. The number of aliphatic carboxylic acids is 3. The van der Waals surface area contributed by atoms with Gasteiger partial charge in [-0.05, 0) is 18.4 Å². The lowest BCUT2D eigenvalue weighted by molar-refractivity contribution is -0.140. The molecule has 180 valence electrons. The van der Waals surface area contributed by atoms with E-state index in [0.717, 1.165) is 0 Å². The summed E-state index contributed by atoms with van der Waals surface area (Å²) in [5.74, 6) is -5.77. The van der Waals surface area contributed by atoms with E-state index < -0.39 is 67.3 Å². The average molecular weight is 467 g/mol. The second kappa shape index (κ2) is 14.0. The predicted molar refractivity (Wildman–Crippen MR) is 110 cm³/mol. The second-order valence-corrected chi connectivity index (χ2v) is 6.80. The molecular formula is C20H25N3O10. The number of benzene rings is 1. The van der Waals surface area contributed by atoms with Crippen molar-refractivity contribution in [1.82, 2.24) is 16.0 Å². The molecule has 0 aromatic heterocycles. The molecule has 1 aromatic rings. The number of carboxylic acid groups (broad SMARTS) is 3. The molecule has 6 N–H and O–H groups in total. The van der Waals surface area contributed by atoms with Gasteiger partial charge in [-0.3, -0.25) is 24.0 Å². The number of ether oxygens (including phenoxy) is 1. The average Bonchev–Trinajstić information content (AvgIpc) is 2.76. The Bertz CT molecular complexity index is 859. The molecular weight excluding hydrogens is 442 g/mol. The molecule has 1 aromatic carbocycles. The molecule has 3 amide bonds. The van der Waals surface area contributed by atoms with E-state index in [4.69, 9.17) is 20.1 Å². The maximum Gasteiger partial charge on any atom is 0.408 e. The lowest BCUT2D eigenvalue weighted by atomic mass is 10.1. The molecule has 0 aliphatic heterocycles. The highest BCUT2D eigenvalue weighted by atomic mass is 16.5. The third-order valence-corrected chi connectivity index (χ3v) is 4.16. The summed E-state index contributed by atoms with van der Waals surface area (Å²) in [6, 6.07) is 5.78. The third-order valence-electron chi connectivity index (χ3n) is 4.16. The fraction of sp³-hybridized carbons (Fsp3) is 0.400. The molecule has 0 heterocycles. The van der Waals surface area contributed by atoms with Crippen molar-refractivity contribution in [1.29, 1.82) is 0 Å². The smallest absolute Gasteiger partial charge is 0.408 e. The van der Waals surface area contributed by atoms with E-state index in [-0.39, 0.29) is 19.4 Å². The maximum absolute atomic E-state index is 12.6. The molecule has 0 saturated heterocycles. The largest absolute Gasteiger partial charge is 0.481 e. The van der Waals surface area contributed by atoms with Gasteiger partial charge < -0.3 is 36.0 Å². The van der Waals surface area contributed by atoms with Crippen molar-refractivity contribution in [2.75, 3.05) is 6.54 Å². The van der Waals surface area contributed by atoms with Gasteiger partial charge in [-0.2, -0.15) is 0 Å². The topological polar surface area (TPSA) is 208 Å². The van der Waals surface area contributed by atoms with Crippen molar-refractivity contribution in [3.63, 3.8) is 0 Å². The van der Waals surface area contributed by atoms with Crippen LogP contribution >= 0.6 is 0 Å². The van der Waals surface area contributed by atoms with E-state index in [9.17, 15) is 28.8 Å². The van der Waals surface area contributed by atoms with Crippen molar-refractivity contribution in [2.24, 2.45) is 0 Å². The molecule has 0 saturated carbocycles. The highest BCUT2D eigenvalue weighted by Crippen LogP contribution is 2.05. The Labute approximate surface area is 188 Å². The SMILES string of the molecule is O=C(O)CC[C@H](NC(=O)OCc1ccccc1)C(=O)N[C@@H](CCC(=O)O)C(=O)NCC(=O)O. The molecule has 0 spiro atoms. The van der Waals surface area contributed by atoms with Crippen LogP contribution in [0.4, 0.5) is 4.79 Å². The maximum atomic E-state index is 12.6. The van der Waals surface area contributed by atoms with E-state index in [1.165, 1.54) is 0 Å². The monoisotopic (exact) mass is 467 g/mol. The molecule has 0 fully saturated rings. The summed E-state index contributed by atoms with van der Waals surface area (Å²) in [5.41, 5.74) is 0.669. The molecule has 0 unspecified atom stereocenters. The molecule has 13 nitrogen and oxygen atoms in total. The van der Waals surface area contributed by atoms with Crippen LogP contribution in [0, 0.1) is 0 Å². The summed E-state index contributed by atoms with van der Waals surface area (Å²) >= 11 is 0. The van der Waals surface area contributed by atoms with Crippen molar-refractivity contribution in [3.05, 3.63) is 35.9 Å². The summed E-state index contributed by atoms with van der Waals surface area (Å²) in [4.78, 5) is 69.3. The third kappa shape index (κ3) is 11.7. The zero-order valence-electron chi connectivity index (χ0n) is 17.5. The standard InChI is InChI=1S/C20H25N3O10/c24-15(25)8-6-13(18(30)21-10-17(28)29)22-19(31)14(7-9-16(26)27)23-20(32)33-11-12-4-2-1-3-5-12/h1-5,13-14H,6-11H2,(H,21,30)(H,22,31)(H,23,32)(H,24,25)(H,26,27)(H,28,29)/t13-,14-/m0/s1. The van der Waals surface area contributed by atoms with E-state index in [0.29, 0.717) is 5.56 Å². The van der Waals surface area contributed by atoms with Crippen molar-refractivity contribution >= 4 is 35.8 Å². The zero-order valence-corrected chi connectivity index (χ0v) is 17.5. The number of alkyl carbamates (subject to hydrolysis) is 1. The predicted octanol–water partition coefficient (Wildman–Crippen LogP) is -0.303. The number of carbonyl (C=O) groups is 6. The van der Waals surface area contributed by atoms with Crippen LogP contribution in [-0.4, -0.2) is 69.8 Å². The van der Waals surface area contributed by atoms with Crippen LogP contribution in [0.15, 0.2) is 30.3 Å². The van der Waals surface area contributed by atoms with Gasteiger partial charge in [0.05, 0.1) is 0 Å². The number of carboxylic acids is 3. The Morgan fingerprint density at radius 3 is 1.82 bits per heavy atom. The molecule has 0 radical (unpaired) electrons. The van der Waals surface area contributed by atoms with Crippen molar-refractivity contribution in [2.45, 2.75) is 44.4 Å². The van der Waals surface area contributed by atoms with Gasteiger partial charge in [0.1, 0.15) is 25.2 Å². The minimum Gasteiger partial charge on any atom is -0.481 e. The summed E-state index contributed by atoms with van der Waals surface area (Å²) in [7, 11) is 0. The van der Waals surface area contributed by atoms with Crippen LogP contribution in [0.5, 0.6) is 0 Å². The Morgan fingerprint density at radius 2 is 1.30 bits per heavy atom. The fourth-order valence-electron chi connectivity index (χ4n) is 2.54. The van der Waals surface area contributed by atoms with Crippen LogP contribution < -0.4 is 16.0 Å². The highest BCUT2D eigenvalue weighted by molar-refractivity contribution is 5.92. The Balaban J connectivity index is 2.83. The lowest BCUT2D eigenvalue weighted by Gasteiger charge is -2.22. The summed E-state index contributed by atoms with van der Waals surface area (Å²) in [5, 5.41) is 32.9. The Morgan fingerprint density at radius 1 is 0.758 bits per heavy atom. The van der Waals surface area contributed by atoms with Gasteiger partial charge in [0, 0.05) is 12.8 Å². The highest BCUT2D eigenvalue weighted by Gasteiger charge is 2.28. The number of hydrogen-bond donors (Lipinski definition) is 6. The van der Waals surface area contributed by atoms with Crippen LogP contribution in [0.25, 0.3) is 0 Å². The molecule has 1 rings (SSSR count). The van der Waals surface area contributed by atoms with Crippen LogP contribution in [0.2, 0.25) is 0 Å². The summed E-state index contributed by atoms with van der Waals surface area (Å²) in [6.07, 6.45) is -2.73. The van der Waals surface area contributed by atoms with Crippen LogP contribution in [0.3, 0.4) is 0 Å². The minimum absolute atomic E-state index is 0.112. The molecule has 2 atom stereocenters. The number of rotatable bonds is 14. The van der Waals surface area contributed by atoms with E-state index >= 15 is 0 Å². The summed E-state index contributed by atoms with van der Waals surface area (Å²) in [6.45, 7) is -0.871. The molecule has 0 aliphatic rings. The summed E-state index contributed by atoms with van der Waals surface area (Å²) < 4.78 is 5.01. The minimum atomic E-state index is -1.43. The quantitative estimate of drug-likeness (QED) is 0.210. The van der Waals surface area contributed by atoms with Gasteiger partial charge in [0.25, 0.3) is 0 Å². The second-order valence-electron chi connectivity index (χ2n) is 6.80. The molecule has 33 heavy (non-hydrogen) atoms. The Kier molecular flexibility index (Phi) is 11.4. The Hall–Kier alpha value is -4.16.